The number of aromatic nitrogens is 1. The van der Waals surface area contributed by atoms with Crippen LogP contribution in [0.15, 0.2) is 206 Å². The lowest BCUT2D eigenvalue weighted by Crippen LogP contribution is -2.10. The molecule has 0 fully saturated rings. The summed E-state index contributed by atoms with van der Waals surface area (Å²) in [6.07, 6.45) is 0.796. The van der Waals surface area contributed by atoms with Crippen molar-refractivity contribution in [2.45, 2.75) is 6.42 Å². The Morgan fingerprint density at radius 3 is 1.83 bits per heavy atom. The molecule has 0 saturated carbocycles. The maximum absolute atomic E-state index is 2.43. The SMILES string of the molecule is c1ccc(-c2cccc(N(c3cccc(Cc4c5ccccc5cc5c4c4ccccc4n5-c4ccccc4)c3)c3ccc4ccccc4c3)c2)cc1. The molecule has 1 heterocycles. The Labute approximate surface area is 309 Å². The van der Waals surface area contributed by atoms with Crippen molar-refractivity contribution in [3.63, 3.8) is 0 Å². The third-order valence-corrected chi connectivity index (χ3v) is 10.6. The number of nitrogens with zero attached hydrogens (tertiary/aromatic N) is 2. The summed E-state index contributed by atoms with van der Waals surface area (Å²) >= 11 is 0. The molecule has 0 spiro atoms. The van der Waals surface area contributed by atoms with E-state index in [1.54, 1.807) is 0 Å². The lowest BCUT2D eigenvalue weighted by atomic mass is 9.93. The summed E-state index contributed by atoms with van der Waals surface area (Å²) in [4.78, 5) is 2.41. The topological polar surface area (TPSA) is 8.17 Å². The van der Waals surface area contributed by atoms with Crippen LogP contribution in [-0.4, -0.2) is 4.57 Å². The predicted octanol–water partition coefficient (Wildman–Crippen LogP) is 13.8. The molecule has 10 rings (SSSR count). The Hall–Kier alpha value is -6.90. The summed E-state index contributed by atoms with van der Waals surface area (Å²) in [6, 6.07) is 74.9. The maximum atomic E-state index is 2.43. The average Bonchev–Trinajstić information content (AvgIpc) is 3.56. The standard InChI is InChI=1S/C51H36N2/c1-3-16-37(17-4-1)40-21-14-25-44(33-40)52(45-30-29-38-18-7-8-19-39(38)34-45)43-24-13-15-36(31-43)32-48-46-26-10-9-20-41(46)35-50-51(48)47-27-11-12-28-49(47)53(50)42-22-5-2-6-23-42/h1-31,33-35H,32H2. The largest absolute Gasteiger partial charge is 0.310 e. The average molecular weight is 677 g/mol. The third kappa shape index (κ3) is 5.53. The number of benzene rings is 9. The van der Waals surface area contributed by atoms with Gasteiger partial charge in [-0.05, 0) is 111 Å². The van der Waals surface area contributed by atoms with Crippen LogP contribution in [0.1, 0.15) is 11.1 Å². The minimum absolute atomic E-state index is 0.796. The zero-order valence-electron chi connectivity index (χ0n) is 29.2. The molecule has 0 aliphatic heterocycles. The van der Waals surface area contributed by atoms with Crippen molar-refractivity contribution < 1.29 is 0 Å². The first-order chi connectivity index (χ1) is 26.3. The second kappa shape index (κ2) is 13.0. The second-order valence-electron chi connectivity index (χ2n) is 13.8. The fourth-order valence-electron chi connectivity index (χ4n) is 8.16. The van der Waals surface area contributed by atoms with Crippen molar-refractivity contribution in [3.05, 3.63) is 217 Å². The van der Waals surface area contributed by atoms with Crippen LogP contribution in [0.4, 0.5) is 17.1 Å². The number of fused-ring (bicyclic) bond motifs is 5. The normalized spacial score (nSPS) is 11.5. The summed E-state index contributed by atoms with van der Waals surface area (Å²) in [5, 5.41) is 7.59. The highest BCUT2D eigenvalue weighted by Gasteiger charge is 2.20. The number of rotatable bonds is 7. The quantitative estimate of drug-likeness (QED) is 0.163. The third-order valence-electron chi connectivity index (χ3n) is 10.6. The zero-order chi connectivity index (χ0) is 35.1. The van der Waals surface area contributed by atoms with E-state index in [-0.39, 0.29) is 0 Å². The van der Waals surface area contributed by atoms with Crippen LogP contribution in [0.2, 0.25) is 0 Å². The monoisotopic (exact) mass is 676 g/mol. The predicted molar refractivity (Wildman–Crippen MR) is 225 cm³/mol. The minimum atomic E-state index is 0.796. The fraction of sp³-hybridized carbons (Fsp3) is 0.0196. The fourth-order valence-corrected chi connectivity index (χ4v) is 8.16. The van der Waals surface area contributed by atoms with Crippen molar-refractivity contribution in [3.8, 4) is 16.8 Å². The zero-order valence-corrected chi connectivity index (χ0v) is 29.2. The molecule has 0 bridgehead atoms. The van der Waals surface area contributed by atoms with E-state index in [0.29, 0.717) is 0 Å². The van der Waals surface area contributed by atoms with E-state index in [4.69, 9.17) is 0 Å². The minimum Gasteiger partial charge on any atom is -0.310 e. The van der Waals surface area contributed by atoms with E-state index in [0.717, 1.165) is 23.5 Å². The molecule has 2 nitrogen and oxygen atoms in total. The van der Waals surface area contributed by atoms with Crippen molar-refractivity contribution in [1.82, 2.24) is 4.57 Å². The van der Waals surface area contributed by atoms with Crippen molar-refractivity contribution in [2.75, 3.05) is 4.90 Å². The van der Waals surface area contributed by atoms with E-state index >= 15 is 0 Å². The highest BCUT2D eigenvalue weighted by Crippen LogP contribution is 2.41. The summed E-state index contributed by atoms with van der Waals surface area (Å²) in [7, 11) is 0. The molecule has 250 valence electrons. The number of para-hydroxylation sites is 2. The van der Waals surface area contributed by atoms with Crippen LogP contribution < -0.4 is 4.90 Å². The molecule has 0 radical (unpaired) electrons. The first kappa shape index (κ1) is 30.9. The highest BCUT2D eigenvalue weighted by molar-refractivity contribution is 6.16. The van der Waals surface area contributed by atoms with Gasteiger partial charge in [0.15, 0.2) is 0 Å². The molecule has 2 heteroatoms. The Morgan fingerprint density at radius 2 is 1.00 bits per heavy atom. The van der Waals surface area contributed by atoms with Gasteiger partial charge in [-0.15, -0.1) is 0 Å². The molecule has 0 amide bonds. The summed E-state index contributed by atoms with van der Waals surface area (Å²) in [5.74, 6) is 0. The van der Waals surface area contributed by atoms with Crippen LogP contribution in [0.5, 0.6) is 0 Å². The molecule has 0 aliphatic carbocycles. The van der Waals surface area contributed by atoms with Gasteiger partial charge in [0.25, 0.3) is 0 Å². The number of hydrogen-bond acceptors (Lipinski definition) is 1. The van der Waals surface area contributed by atoms with Gasteiger partial charge in [0.05, 0.1) is 11.0 Å². The van der Waals surface area contributed by atoms with Crippen LogP contribution in [-0.2, 0) is 6.42 Å². The molecule has 0 aliphatic rings. The van der Waals surface area contributed by atoms with Crippen molar-refractivity contribution >= 4 is 60.4 Å². The van der Waals surface area contributed by atoms with Gasteiger partial charge in [-0.25, -0.2) is 0 Å². The van der Waals surface area contributed by atoms with Crippen LogP contribution in [0.3, 0.4) is 0 Å². The van der Waals surface area contributed by atoms with Gasteiger partial charge in [-0.2, -0.15) is 0 Å². The molecule has 0 N–H and O–H groups in total. The number of anilines is 3. The molecule has 1 aromatic heterocycles. The van der Waals surface area contributed by atoms with Crippen molar-refractivity contribution in [2.24, 2.45) is 0 Å². The first-order valence-corrected chi connectivity index (χ1v) is 18.3. The molecule has 53 heavy (non-hydrogen) atoms. The first-order valence-electron chi connectivity index (χ1n) is 18.3. The lowest BCUT2D eigenvalue weighted by Gasteiger charge is -2.27. The second-order valence-corrected chi connectivity index (χ2v) is 13.8. The molecule has 0 saturated heterocycles. The molecule has 10 aromatic rings. The molecular formula is C51H36N2. The molecular weight excluding hydrogens is 641 g/mol. The van der Waals surface area contributed by atoms with Gasteiger partial charge in [0, 0.05) is 33.5 Å². The summed E-state index contributed by atoms with van der Waals surface area (Å²) < 4.78 is 2.43. The van der Waals surface area contributed by atoms with E-state index in [1.807, 2.05) is 0 Å². The molecule has 0 unspecified atom stereocenters. The van der Waals surface area contributed by atoms with Gasteiger partial charge < -0.3 is 9.47 Å². The van der Waals surface area contributed by atoms with Crippen molar-refractivity contribution in [1.29, 1.82) is 0 Å². The maximum Gasteiger partial charge on any atom is 0.0550 e. The van der Waals surface area contributed by atoms with Gasteiger partial charge >= 0.3 is 0 Å². The van der Waals surface area contributed by atoms with Crippen LogP contribution in [0, 0.1) is 0 Å². The van der Waals surface area contributed by atoms with Crippen LogP contribution in [0.25, 0.3) is 60.2 Å². The van der Waals surface area contributed by atoms with Gasteiger partial charge in [-0.1, -0.05) is 146 Å². The lowest BCUT2D eigenvalue weighted by molar-refractivity contribution is 1.18. The van der Waals surface area contributed by atoms with E-state index in [9.17, 15) is 0 Å². The van der Waals surface area contributed by atoms with Gasteiger partial charge in [0.1, 0.15) is 0 Å². The Kier molecular flexibility index (Phi) is 7.58. The van der Waals surface area contributed by atoms with E-state index in [2.05, 4.69) is 216 Å². The van der Waals surface area contributed by atoms with Crippen LogP contribution >= 0.6 is 0 Å². The van der Waals surface area contributed by atoms with Gasteiger partial charge in [-0.3, -0.25) is 0 Å². The van der Waals surface area contributed by atoms with Gasteiger partial charge in [0.2, 0.25) is 0 Å². The Balaban J connectivity index is 1.16. The molecule has 0 atom stereocenters. The smallest absolute Gasteiger partial charge is 0.0550 e. The Morgan fingerprint density at radius 1 is 0.377 bits per heavy atom. The van der Waals surface area contributed by atoms with E-state index in [1.165, 1.54) is 71.3 Å². The van der Waals surface area contributed by atoms with E-state index < -0.39 is 0 Å². The summed E-state index contributed by atoms with van der Waals surface area (Å²) in [5.41, 5.74) is 12.0. The summed E-state index contributed by atoms with van der Waals surface area (Å²) in [6.45, 7) is 0. The number of hydrogen-bond donors (Lipinski definition) is 0. The Bertz CT molecular complexity index is 2920. The highest BCUT2D eigenvalue weighted by atomic mass is 15.1. The molecule has 9 aromatic carbocycles.